The molecule has 0 saturated carbocycles. The number of aromatic nitrogens is 1. The summed E-state index contributed by atoms with van der Waals surface area (Å²) in [6.45, 7) is 6.06. The summed E-state index contributed by atoms with van der Waals surface area (Å²) in [5, 5.41) is 2.88. The van der Waals surface area contributed by atoms with Crippen LogP contribution in [0.1, 0.15) is 36.7 Å². The Bertz CT molecular complexity index is 954. The molecule has 29 heavy (non-hydrogen) atoms. The van der Waals surface area contributed by atoms with Crippen LogP contribution in [0.4, 0.5) is 15.9 Å². The Morgan fingerprint density at radius 2 is 1.97 bits per heavy atom. The van der Waals surface area contributed by atoms with Crippen LogP contribution in [0.2, 0.25) is 0 Å². The van der Waals surface area contributed by atoms with Gasteiger partial charge >= 0.3 is 5.97 Å². The van der Waals surface area contributed by atoms with Crippen LogP contribution in [-0.4, -0.2) is 29.8 Å². The molecule has 2 N–H and O–H groups in total. The molecule has 9 heteroatoms. The lowest BCUT2D eigenvalue weighted by atomic mass is 10.1. The van der Waals surface area contributed by atoms with Gasteiger partial charge in [-0.25, -0.2) is 14.7 Å². The number of halogens is 2. The normalized spacial score (nSPS) is 11.4. The molecule has 0 spiro atoms. The second-order valence-corrected chi connectivity index (χ2v) is 8.64. The predicted octanol–water partition coefficient (Wildman–Crippen LogP) is 3.52. The minimum absolute atomic E-state index is 0.150. The second kappa shape index (κ2) is 9.68. The number of nitrogens with zero attached hydrogens (tertiary/aromatic N) is 1. The monoisotopic (exact) mass is 517 g/mol. The standard InChI is InChI=1S/C20H25FIN3O4/c1-20(2,3)29-23-9-8-12-10-16(26)25(4)18(17(12)19(27)28-5)24-15-7-6-13(22)11-14(15)21/h6-7,10-11,23-24H,8-9H2,1-5H3. The summed E-state index contributed by atoms with van der Waals surface area (Å²) in [4.78, 5) is 30.5. The Balaban J connectivity index is 2.44. The number of hydroxylamine groups is 1. The quantitative estimate of drug-likeness (QED) is 0.253. The fourth-order valence-corrected chi connectivity index (χ4v) is 3.05. The molecule has 0 saturated heterocycles. The molecule has 1 aromatic heterocycles. The SMILES string of the molecule is COC(=O)c1c(CCNOC(C)(C)C)cc(=O)n(C)c1Nc1ccc(I)cc1F. The number of methoxy groups -OCH3 is 1. The Labute approximate surface area is 182 Å². The number of esters is 1. The summed E-state index contributed by atoms with van der Waals surface area (Å²) in [6, 6.07) is 6.00. The van der Waals surface area contributed by atoms with Gasteiger partial charge in [-0.05, 0) is 73.5 Å². The van der Waals surface area contributed by atoms with Crippen LogP contribution < -0.4 is 16.4 Å². The molecule has 0 aliphatic carbocycles. The molecule has 0 bridgehead atoms. The zero-order chi connectivity index (χ0) is 21.8. The van der Waals surface area contributed by atoms with Crippen molar-refractivity contribution in [2.45, 2.75) is 32.8 Å². The molecule has 1 aromatic carbocycles. The van der Waals surface area contributed by atoms with E-state index in [1.54, 1.807) is 12.1 Å². The molecular weight excluding hydrogens is 492 g/mol. The first kappa shape index (κ1) is 23.3. The maximum absolute atomic E-state index is 14.3. The van der Waals surface area contributed by atoms with Gasteiger partial charge in [0, 0.05) is 23.2 Å². The molecule has 0 aliphatic rings. The highest BCUT2D eigenvalue weighted by Gasteiger charge is 2.22. The van der Waals surface area contributed by atoms with Gasteiger partial charge in [0.25, 0.3) is 5.56 Å². The summed E-state index contributed by atoms with van der Waals surface area (Å²) < 4.78 is 21.2. The number of pyridine rings is 1. The molecule has 0 fully saturated rings. The van der Waals surface area contributed by atoms with E-state index in [2.05, 4.69) is 10.8 Å². The maximum Gasteiger partial charge on any atom is 0.341 e. The predicted molar refractivity (Wildman–Crippen MR) is 118 cm³/mol. The first-order chi connectivity index (χ1) is 13.5. The van der Waals surface area contributed by atoms with E-state index in [0.717, 1.165) is 3.57 Å². The van der Waals surface area contributed by atoms with Crippen LogP contribution in [-0.2, 0) is 23.0 Å². The van der Waals surface area contributed by atoms with E-state index in [1.165, 1.54) is 30.9 Å². The van der Waals surface area contributed by atoms with Crippen molar-refractivity contribution >= 4 is 40.1 Å². The van der Waals surface area contributed by atoms with Crippen molar-refractivity contribution in [2.24, 2.45) is 7.05 Å². The molecule has 0 unspecified atom stereocenters. The Morgan fingerprint density at radius 1 is 1.28 bits per heavy atom. The third-order valence-electron chi connectivity index (χ3n) is 3.97. The first-order valence-electron chi connectivity index (χ1n) is 8.97. The Morgan fingerprint density at radius 3 is 2.55 bits per heavy atom. The Kier molecular flexibility index (Phi) is 7.78. The van der Waals surface area contributed by atoms with Crippen molar-refractivity contribution < 1.29 is 18.8 Å². The van der Waals surface area contributed by atoms with E-state index in [0.29, 0.717) is 18.5 Å². The van der Waals surface area contributed by atoms with Crippen LogP contribution in [0.3, 0.4) is 0 Å². The average molecular weight is 517 g/mol. The first-order valence-corrected chi connectivity index (χ1v) is 10.1. The number of anilines is 2. The number of ether oxygens (including phenoxy) is 1. The van der Waals surface area contributed by atoms with Crippen molar-refractivity contribution in [3.05, 3.63) is 55.1 Å². The smallest absolute Gasteiger partial charge is 0.341 e. The fraction of sp³-hybridized carbons (Fsp3) is 0.400. The molecule has 0 atom stereocenters. The minimum atomic E-state index is -0.624. The number of carbonyl (C=O) groups excluding carboxylic acids is 1. The second-order valence-electron chi connectivity index (χ2n) is 7.39. The number of hydrogen-bond donors (Lipinski definition) is 2. The van der Waals surface area contributed by atoms with E-state index in [9.17, 15) is 14.0 Å². The van der Waals surface area contributed by atoms with E-state index in [4.69, 9.17) is 9.57 Å². The summed E-state index contributed by atoms with van der Waals surface area (Å²) >= 11 is 2.00. The van der Waals surface area contributed by atoms with Crippen molar-refractivity contribution in [1.29, 1.82) is 0 Å². The van der Waals surface area contributed by atoms with Crippen LogP contribution >= 0.6 is 22.6 Å². The zero-order valence-corrected chi connectivity index (χ0v) is 19.2. The van der Waals surface area contributed by atoms with Crippen LogP contribution in [0.15, 0.2) is 29.1 Å². The van der Waals surface area contributed by atoms with Crippen LogP contribution in [0, 0.1) is 9.39 Å². The summed E-state index contributed by atoms with van der Waals surface area (Å²) in [7, 11) is 2.76. The summed E-state index contributed by atoms with van der Waals surface area (Å²) in [6.07, 6.45) is 0.334. The van der Waals surface area contributed by atoms with Crippen molar-refractivity contribution in [3.63, 3.8) is 0 Å². The van der Waals surface area contributed by atoms with Gasteiger partial charge in [-0.3, -0.25) is 14.2 Å². The van der Waals surface area contributed by atoms with E-state index in [-0.39, 0.29) is 28.2 Å². The van der Waals surface area contributed by atoms with Gasteiger partial charge in [0.05, 0.1) is 18.4 Å². The molecule has 1 heterocycles. The summed E-state index contributed by atoms with van der Waals surface area (Å²) in [5.41, 5.74) is 2.91. The number of nitrogens with one attached hydrogen (secondary N) is 2. The lowest BCUT2D eigenvalue weighted by Gasteiger charge is -2.21. The zero-order valence-electron chi connectivity index (χ0n) is 17.1. The van der Waals surface area contributed by atoms with Gasteiger partial charge in [-0.15, -0.1) is 0 Å². The van der Waals surface area contributed by atoms with Crippen molar-refractivity contribution in [3.8, 4) is 0 Å². The lowest BCUT2D eigenvalue weighted by Crippen LogP contribution is -2.31. The van der Waals surface area contributed by atoms with Gasteiger partial charge in [0.1, 0.15) is 17.2 Å². The topological polar surface area (TPSA) is 81.6 Å². The van der Waals surface area contributed by atoms with Gasteiger partial charge in [-0.1, -0.05) is 0 Å². The molecule has 158 valence electrons. The average Bonchev–Trinajstić information content (AvgIpc) is 2.63. The van der Waals surface area contributed by atoms with Crippen molar-refractivity contribution in [2.75, 3.05) is 19.0 Å². The van der Waals surface area contributed by atoms with Gasteiger partial charge in [0.15, 0.2) is 0 Å². The third kappa shape index (κ3) is 6.25. The molecule has 2 aromatic rings. The van der Waals surface area contributed by atoms with E-state index in [1.807, 2.05) is 43.4 Å². The number of hydrogen-bond acceptors (Lipinski definition) is 6. The highest BCUT2D eigenvalue weighted by atomic mass is 127. The molecule has 0 amide bonds. The molecular formula is C20H25FIN3O4. The van der Waals surface area contributed by atoms with E-state index < -0.39 is 11.8 Å². The number of rotatable bonds is 7. The van der Waals surface area contributed by atoms with Gasteiger partial charge in [-0.2, -0.15) is 0 Å². The highest BCUT2D eigenvalue weighted by Crippen LogP contribution is 2.26. The van der Waals surface area contributed by atoms with Crippen LogP contribution in [0.25, 0.3) is 0 Å². The van der Waals surface area contributed by atoms with Crippen LogP contribution in [0.5, 0.6) is 0 Å². The maximum atomic E-state index is 14.3. The minimum Gasteiger partial charge on any atom is -0.465 e. The third-order valence-corrected chi connectivity index (χ3v) is 4.64. The Hall–Kier alpha value is -1.98. The molecule has 7 nitrogen and oxygen atoms in total. The molecule has 0 aliphatic heterocycles. The largest absolute Gasteiger partial charge is 0.465 e. The molecule has 0 radical (unpaired) electrons. The van der Waals surface area contributed by atoms with Gasteiger partial charge < -0.3 is 10.1 Å². The number of benzene rings is 1. The van der Waals surface area contributed by atoms with E-state index >= 15 is 0 Å². The molecule has 2 rings (SSSR count). The summed E-state index contributed by atoms with van der Waals surface area (Å²) in [5.74, 6) is -0.956. The number of carbonyl (C=O) groups is 1. The van der Waals surface area contributed by atoms with Gasteiger partial charge in [0.2, 0.25) is 0 Å². The van der Waals surface area contributed by atoms with Crippen molar-refractivity contribution in [1.82, 2.24) is 10.0 Å². The highest BCUT2D eigenvalue weighted by molar-refractivity contribution is 14.1. The fourth-order valence-electron chi connectivity index (χ4n) is 2.59. The lowest BCUT2D eigenvalue weighted by molar-refractivity contribution is -0.0717.